The third-order valence-corrected chi connectivity index (χ3v) is 5.35. The van der Waals surface area contributed by atoms with Gasteiger partial charge < -0.3 is 10.1 Å². The van der Waals surface area contributed by atoms with Gasteiger partial charge in [-0.2, -0.15) is 4.31 Å². The first-order valence-electron chi connectivity index (χ1n) is 6.36. The first-order chi connectivity index (χ1) is 9.89. The molecule has 1 aliphatic heterocycles. The van der Waals surface area contributed by atoms with Crippen LogP contribution in [0.1, 0.15) is 17.3 Å². The summed E-state index contributed by atoms with van der Waals surface area (Å²) in [4.78, 5) is 23.2. The monoisotopic (exact) mass is 312 g/mol. The number of ether oxygens (including phenoxy) is 1. The van der Waals surface area contributed by atoms with Gasteiger partial charge in [0.1, 0.15) is 6.04 Å². The predicted molar refractivity (Wildman–Crippen MR) is 74.1 cm³/mol. The smallest absolute Gasteiger partial charge is 0.339 e. The normalized spacial score (nSPS) is 19.9. The van der Waals surface area contributed by atoms with Crippen molar-refractivity contribution < 1.29 is 22.7 Å². The molecule has 0 saturated carbocycles. The molecule has 1 heterocycles. The number of piperazine rings is 1. The lowest BCUT2D eigenvalue weighted by Crippen LogP contribution is -2.55. The molecule has 1 fully saturated rings. The summed E-state index contributed by atoms with van der Waals surface area (Å²) in [5.41, 5.74) is -0.0434. The van der Waals surface area contributed by atoms with Gasteiger partial charge in [-0.3, -0.25) is 4.79 Å². The number of sulfonamides is 1. The SMILES string of the molecule is COC(=O)c1ccccc1S(=O)(=O)N1CCNC(=O)C1C. The minimum Gasteiger partial charge on any atom is -0.465 e. The highest BCUT2D eigenvalue weighted by Gasteiger charge is 2.37. The van der Waals surface area contributed by atoms with Gasteiger partial charge in [-0.1, -0.05) is 12.1 Å². The lowest BCUT2D eigenvalue weighted by atomic mass is 10.2. The molecule has 1 N–H and O–H groups in total. The van der Waals surface area contributed by atoms with Crippen LogP contribution in [0.25, 0.3) is 0 Å². The molecule has 114 valence electrons. The number of carbonyl (C=O) groups excluding carboxylic acids is 2. The number of rotatable bonds is 3. The van der Waals surface area contributed by atoms with Crippen molar-refractivity contribution >= 4 is 21.9 Å². The van der Waals surface area contributed by atoms with Crippen LogP contribution in [-0.2, 0) is 19.6 Å². The highest BCUT2D eigenvalue weighted by molar-refractivity contribution is 7.89. The molecule has 7 nitrogen and oxygen atoms in total. The Hall–Kier alpha value is -1.93. The van der Waals surface area contributed by atoms with E-state index >= 15 is 0 Å². The van der Waals surface area contributed by atoms with Crippen molar-refractivity contribution in [3.63, 3.8) is 0 Å². The Bertz CT molecular complexity index is 671. The summed E-state index contributed by atoms with van der Waals surface area (Å²) in [5, 5.41) is 2.60. The first kappa shape index (κ1) is 15.5. The maximum atomic E-state index is 12.7. The van der Waals surface area contributed by atoms with Gasteiger partial charge in [0.25, 0.3) is 0 Å². The summed E-state index contributed by atoms with van der Waals surface area (Å²) in [6, 6.07) is 4.97. The number of amides is 1. The fraction of sp³-hybridized carbons (Fsp3) is 0.385. The molecule has 1 unspecified atom stereocenters. The Morgan fingerprint density at radius 1 is 1.38 bits per heavy atom. The van der Waals surface area contributed by atoms with E-state index < -0.39 is 22.0 Å². The molecule has 1 amide bonds. The van der Waals surface area contributed by atoms with Gasteiger partial charge in [-0.05, 0) is 19.1 Å². The van der Waals surface area contributed by atoms with E-state index in [9.17, 15) is 18.0 Å². The van der Waals surface area contributed by atoms with Crippen LogP contribution in [0.2, 0.25) is 0 Å². The molecule has 0 aliphatic carbocycles. The highest BCUT2D eigenvalue weighted by atomic mass is 32.2. The molecule has 21 heavy (non-hydrogen) atoms. The molecular formula is C13H16N2O5S. The zero-order valence-electron chi connectivity index (χ0n) is 11.7. The largest absolute Gasteiger partial charge is 0.465 e. The highest BCUT2D eigenvalue weighted by Crippen LogP contribution is 2.23. The number of esters is 1. The lowest BCUT2D eigenvalue weighted by Gasteiger charge is -2.32. The standard InChI is InChI=1S/C13H16N2O5S/c1-9-12(16)14-7-8-15(9)21(18,19)11-6-4-3-5-10(11)13(17)20-2/h3-6,9H,7-8H2,1-2H3,(H,14,16). The molecule has 8 heteroatoms. The second kappa shape index (κ2) is 5.82. The number of nitrogens with one attached hydrogen (secondary N) is 1. The molecule has 1 saturated heterocycles. The summed E-state index contributed by atoms with van der Waals surface area (Å²) >= 11 is 0. The van der Waals surface area contributed by atoms with E-state index in [1.807, 2.05) is 0 Å². The molecule has 0 spiro atoms. The zero-order chi connectivity index (χ0) is 15.6. The summed E-state index contributed by atoms with van der Waals surface area (Å²) in [7, 11) is -2.78. The number of benzene rings is 1. The Morgan fingerprint density at radius 2 is 2.05 bits per heavy atom. The molecule has 1 aromatic rings. The van der Waals surface area contributed by atoms with E-state index in [4.69, 9.17) is 0 Å². The summed E-state index contributed by atoms with van der Waals surface area (Å²) in [6.07, 6.45) is 0. The molecule has 1 aliphatic rings. The number of hydrogen-bond acceptors (Lipinski definition) is 5. The predicted octanol–water partition coefficient (Wildman–Crippen LogP) is -0.0178. The van der Waals surface area contributed by atoms with Gasteiger partial charge in [0.15, 0.2) is 0 Å². The van der Waals surface area contributed by atoms with Gasteiger partial charge in [-0.25, -0.2) is 13.2 Å². The van der Waals surface area contributed by atoms with E-state index in [1.165, 1.54) is 32.2 Å². The third-order valence-electron chi connectivity index (χ3n) is 3.32. The van der Waals surface area contributed by atoms with Crippen LogP contribution < -0.4 is 5.32 Å². The molecule has 0 bridgehead atoms. The van der Waals surface area contributed by atoms with Gasteiger partial charge >= 0.3 is 5.97 Å². The van der Waals surface area contributed by atoms with E-state index in [0.29, 0.717) is 0 Å². The summed E-state index contributed by atoms with van der Waals surface area (Å²) in [6.45, 7) is 1.90. The van der Waals surface area contributed by atoms with Crippen molar-refractivity contribution in [1.82, 2.24) is 9.62 Å². The minimum absolute atomic E-state index is 0.0434. The van der Waals surface area contributed by atoms with Gasteiger partial charge in [0.2, 0.25) is 15.9 Å². The van der Waals surface area contributed by atoms with E-state index in [2.05, 4.69) is 10.1 Å². The maximum absolute atomic E-state index is 12.7. The molecule has 1 atom stereocenters. The van der Waals surface area contributed by atoms with Crippen molar-refractivity contribution in [2.45, 2.75) is 17.9 Å². The lowest BCUT2D eigenvalue weighted by molar-refractivity contribution is -0.126. The van der Waals surface area contributed by atoms with Crippen LogP contribution in [0.4, 0.5) is 0 Å². The Labute approximate surface area is 122 Å². The van der Waals surface area contributed by atoms with Crippen molar-refractivity contribution in [2.24, 2.45) is 0 Å². The minimum atomic E-state index is -3.96. The summed E-state index contributed by atoms with van der Waals surface area (Å²) in [5.74, 6) is -1.09. The molecular weight excluding hydrogens is 296 g/mol. The average Bonchev–Trinajstić information content (AvgIpc) is 2.49. The topological polar surface area (TPSA) is 92.8 Å². The average molecular weight is 312 g/mol. The second-order valence-corrected chi connectivity index (χ2v) is 6.43. The van der Waals surface area contributed by atoms with Gasteiger partial charge in [0, 0.05) is 13.1 Å². The van der Waals surface area contributed by atoms with Crippen molar-refractivity contribution in [2.75, 3.05) is 20.2 Å². The number of methoxy groups -OCH3 is 1. The fourth-order valence-corrected chi connectivity index (χ4v) is 3.96. The summed E-state index contributed by atoms with van der Waals surface area (Å²) < 4.78 is 31.1. The molecule has 2 rings (SSSR count). The molecule has 0 aromatic heterocycles. The Morgan fingerprint density at radius 3 is 2.71 bits per heavy atom. The van der Waals surface area contributed by atoms with Gasteiger partial charge in [0.05, 0.1) is 17.6 Å². The second-order valence-electron chi connectivity index (χ2n) is 4.57. The van der Waals surface area contributed by atoms with Crippen LogP contribution in [0.5, 0.6) is 0 Å². The van der Waals surface area contributed by atoms with E-state index in [0.717, 1.165) is 4.31 Å². The van der Waals surface area contributed by atoms with Crippen molar-refractivity contribution in [3.05, 3.63) is 29.8 Å². The Balaban J connectivity index is 2.50. The molecule has 0 radical (unpaired) electrons. The van der Waals surface area contributed by atoms with Gasteiger partial charge in [-0.15, -0.1) is 0 Å². The number of hydrogen-bond donors (Lipinski definition) is 1. The third kappa shape index (κ3) is 2.77. The van der Waals surface area contributed by atoms with Crippen molar-refractivity contribution in [3.8, 4) is 0 Å². The number of nitrogens with zero attached hydrogens (tertiary/aromatic N) is 1. The van der Waals surface area contributed by atoms with E-state index in [-0.39, 0.29) is 29.5 Å². The maximum Gasteiger partial charge on any atom is 0.339 e. The van der Waals surface area contributed by atoms with Crippen LogP contribution >= 0.6 is 0 Å². The fourth-order valence-electron chi connectivity index (χ4n) is 2.19. The quantitative estimate of drug-likeness (QED) is 0.792. The molecule has 1 aromatic carbocycles. The Kier molecular flexibility index (Phi) is 4.29. The van der Waals surface area contributed by atoms with Crippen LogP contribution in [0, 0.1) is 0 Å². The van der Waals surface area contributed by atoms with E-state index in [1.54, 1.807) is 6.07 Å². The first-order valence-corrected chi connectivity index (χ1v) is 7.80. The zero-order valence-corrected chi connectivity index (χ0v) is 12.5. The van der Waals surface area contributed by atoms with Crippen LogP contribution in [-0.4, -0.2) is 50.8 Å². The van der Waals surface area contributed by atoms with Crippen molar-refractivity contribution in [1.29, 1.82) is 0 Å². The van der Waals surface area contributed by atoms with Crippen LogP contribution in [0.15, 0.2) is 29.2 Å². The number of carbonyl (C=O) groups is 2. The van der Waals surface area contributed by atoms with Crippen LogP contribution in [0.3, 0.4) is 0 Å².